The van der Waals surface area contributed by atoms with E-state index in [1.54, 1.807) is 6.20 Å². The first-order valence-electron chi connectivity index (χ1n) is 3.91. The molecule has 0 radical (unpaired) electrons. The Morgan fingerprint density at radius 1 is 1.42 bits per heavy atom. The van der Waals surface area contributed by atoms with Crippen LogP contribution in [0.2, 0.25) is 0 Å². The van der Waals surface area contributed by atoms with E-state index in [0.29, 0.717) is 12.2 Å². The van der Waals surface area contributed by atoms with E-state index in [4.69, 9.17) is 11.5 Å². The summed E-state index contributed by atoms with van der Waals surface area (Å²) in [6, 6.07) is 3.71. The number of pyridine rings is 1. The van der Waals surface area contributed by atoms with Gasteiger partial charge in [-0.15, -0.1) is 0 Å². The molecule has 0 fully saturated rings. The fourth-order valence-electron chi connectivity index (χ4n) is 0.816. The topological polar surface area (TPSA) is 64.9 Å². The molecule has 0 aromatic carbocycles. The van der Waals surface area contributed by atoms with Gasteiger partial charge in [0.1, 0.15) is 0 Å². The minimum atomic E-state index is 0.672. The van der Waals surface area contributed by atoms with E-state index in [1.807, 2.05) is 24.3 Å². The maximum absolute atomic E-state index is 5.47. The largest absolute Gasteiger partial charge is 0.397 e. The molecule has 4 N–H and O–H groups in total. The van der Waals surface area contributed by atoms with Crippen molar-refractivity contribution in [3.8, 4) is 0 Å². The Morgan fingerprint density at radius 2 is 2.25 bits per heavy atom. The second kappa shape index (κ2) is 4.51. The average Bonchev–Trinajstić information content (AvgIpc) is 2.09. The zero-order valence-corrected chi connectivity index (χ0v) is 6.90. The Kier molecular flexibility index (Phi) is 3.29. The number of hydrogen-bond acceptors (Lipinski definition) is 3. The first-order valence-corrected chi connectivity index (χ1v) is 3.91. The van der Waals surface area contributed by atoms with Crippen LogP contribution in [0.1, 0.15) is 12.1 Å². The molecule has 0 bridgehead atoms. The summed E-state index contributed by atoms with van der Waals surface area (Å²) in [5.41, 5.74) is 12.4. The molecule has 0 spiro atoms. The summed E-state index contributed by atoms with van der Waals surface area (Å²) in [6.07, 6.45) is 6.46. The fraction of sp³-hybridized carbons (Fsp3) is 0.222. The van der Waals surface area contributed by atoms with Crippen LogP contribution in [0.5, 0.6) is 0 Å². The molecule has 0 saturated carbocycles. The second-order valence-corrected chi connectivity index (χ2v) is 2.50. The standard InChI is InChI=1S/C9H13N3/c10-6-2-1-3-9-5-4-8(11)7-12-9/h1,3-5,7H,2,6,10-11H2. The number of nitrogen functional groups attached to an aromatic ring is 1. The summed E-state index contributed by atoms with van der Waals surface area (Å²) in [5.74, 6) is 0. The predicted molar refractivity (Wildman–Crippen MR) is 51.4 cm³/mol. The zero-order chi connectivity index (χ0) is 8.81. The van der Waals surface area contributed by atoms with Gasteiger partial charge in [0, 0.05) is 0 Å². The van der Waals surface area contributed by atoms with Gasteiger partial charge in [0.2, 0.25) is 0 Å². The van der Waals surface area contributed by atoms with Gasteiger partial charge < -0.3 is 11.5 Å². The van der Waals surface area contributed by atoms with Crippen molar-refractivity contribution in [2.24, 2.45) is 5.73 Å². The second-order valence-electron chi connectivity index (χ2n) is 2.50. The fourth-order valence-corrected chi connectivity index (χ4v) is 0.816. The Balaban J connectivity index is 2.58. The monoisotopic (exact) mass is 163 g/mol. The van der Waals surface area contributed by atoms with Crippen molar-refractivity contribution in [3.63, 3.8) is 0 Å². The van der Waals surface area contributed by atoms with E-state index in [0.717, 1.165) is 12.1 Å². The van der Waals surface area contributed by atoms with Gasteiger partial charge in [-0.2, -0.15) is 0 Å². The molecule has 0 amide bonds. The molecule has 1 rings (SSSR count). The highest BCUT2D eigenvalue weighted by atomic mass is 14.7. The molecule has 0 aliphatic heterocycles. The van der Waals surface area contributed by atoms with Crippen LogP contribution in [0.25, 0.3) is 6.08 Å². The maximum atomic E-state index is 5.47. The number of nitrogens with two attached hydrogens (primary N) is 2. The van der Waals surface area contributed by atoms with E-state index in [2.05, 4.69) is 4.98 Å². The number of nitrogens with zero attached hydrogens (tertiary/aromatic N) is 1. The van der Waals surface area contributed by atoms with Gasteiger partial charge in [-0.3, -0.25) is 4.98 Å². The third-order valence-electron chi connectivity index (χ3n) is 1.43. The maximum Gasteiger partial charge on any atom is 0.0628 e. The normalized spacial score (nSPS) is 10.8. The SMILES string of the molecule is NCCC=Cc1ccc(N)cn1. The van der Waals surface area contributed by atoms with E-state index >= 15 is 0 Å². The third-order valence-corrected chi connectivity index (χ3v) is 1.43. The highest BCUT2D eigenvalue weighted by Gasteiger charge is 1.86. The Bertz CT molecular complexity index is 251. The molecule has 3 heteroatoms. The van der Waals surface area contributed by atoms with E-state index in [9.17, 15) is 0 Å². The van der Waals surface area contributed by atoms with Crippen LogP contribution in [-0.4, -0.2) is 11.5 Å². The van der Waals surface area contributed by atoms with Crippen molar-refractivity contribution in [3.05, 3.63) is 30.1 Å². The molecule has 0 unspecified atom stereocenters. The number of rotatable bonds is 3. The van der Waals surface area contributed by atoms with Crippen LogP contribution in [0, 0.1) is 0 Å². The van der Waals surface area contributed by atoms with Gasteiger partial charge in [-0.1, -0.05) is 6.08 Å². The smallest absolute Gasteiger partial charge is 0.0628 e. The summed E-state index contributed by atoms with van der Waals surface area (Å²) in [7, 11) is 0. The van der Waals surface area contributed by atoms with Gasteiger partial charge in [0.05, 0.1) is 17.6 Å². The molecule has 64 valence electrons. The lowest BCUT2D eigenvalue weighted by Gasteiger charge is -1.93. The number of aromatic nitrogens is 1. The molecular formula is C9H13N3. The van der Waals surface area contributed by atoms with Gasteiger partial charge >= 0.3 is 0 Å². The van der Waals surface area contributed by atoms with Crippen molar-refractivity contribution >= 4 is 11.8 Å². The summed E-state index contributed by atoms with van der Waals surface area (Å²) in [4.78, 5) is 4.10. The van der Waals surface area contributed by atoms with Crippen LogP contribution in [0.4, 0.5) is 5.69 Å². The molecule has 12 heavy (non-hydrogen) atoms. The summed E-state index contributed by atoms with van der Waals surface area (Å²) in [5, 5.41) is 0. The Labute approximate surface area is 72.1 Å². The molecule has 0 atom stereocenters. The van der Waals surface area contributed by atoms with Crippen LogP contribution < -0.4 is 11.5 Å². The predicted octanol–water partition coefficient (Wildman–Crippen LogP) is 1.03. The molecule has 1 aromatic heterocycles. The molecule has 1 heterocycles. The zero-order valence-electron chi connectivity index (χ0n) is 6.90. The highest BCUT2D eigenvalue weighted by Crippen LogP contribution is 2.02. The van der Waals surface area contributed by atoms with Crippen molar-refractivity contribution in [1.29, 1.82) is 0 Å². The van der Waals surface area contributed by atoms with E-state index < -0.39 is 0 Å². The summed E-state index contributed by atoms with van der Waals surface area (Å²) in [6.45, 7) is 0.672. The lowest BCUT2D eigenvalue weighted by molar-refractivity contribution is 1.01. The van der Waals surface area contributed by atoms with Crippen molar-refractivity contribution in [2.45, 2.75) is 6.42 Å². The lowest BCUT2D eigenvalue weighted by atomic mass is 10.3. The number of hydrogen-bond donors (Lipinski definition) is 2. The van der Waals surface area contributed by atoms with Gasteiger partial charge in [0.15, 0.2) is 0 Å². The quantitative estimate of drug-likeness (QED) is 0.699. The number of anilines is 1. The Hall–Kier alpha value is -1.35. The molecule has 1 aromatic rings. The highest BCUT2D eigenvalue weighted by molar-refractivity contribution is 5.47. The van der Waals surface area contributed by atoms with Crippen molar-refractivity contribution in [2.75, 3.05) is 12.3 Å². The van der Waals surface area contributed by atoms with Crippen LogP contribution in [-0.2, 0) is 0 Å². The van der Waals surface area contributed by atoms with Gasteiger partial charge in [-0.25, -0.2) is 0 Å². The van der Waals surface area contributed by atoms with Crippen molar-refractivity contribution in [1.82, 2.24) is 4.98 Å². The lowest BCUT2D eigenvalue weighted by Crippen LogP contribution is -1.95. The molecule has 0 aliphatic carbocycles. The first-order chi connectivity index (χ1) is 5.83. The Morgan fingerprint density at radius 3 is 2.83 bits per heavy atom. The van der Waals surface area contributed by atoms with Crippen LogP contribution in [0.3, 0.4) is 0 Å². The average molecular weight is 163 g/mol. The van der Waals surface area contributed by atoms with Crippen LogP contribution in [0.15, 0.2) is 24.4 Å². The van der Waals surface area contributed by atoms with Gasteiger partial charge in [-0.05, 0) is 31.2 Å². The summed E-state index contributed by atoms with van der Waals surface area (Å²) < 4.78 is 0. The van der Waals surface area contributed by atoms with E-state index in [-0.39, 0.29) is 0 Å². The first kappa shape index (κ1) is 8.74. The minimum Gasteiger partial charge on any atom is -0.397 e. The van der Waals surface area contributed by atoms with Crippen LogP contribution >= 0.6 is 0 Å². The molecule has 0 saturated heterocycles. The van der Waals surface area contributed by atoms with E-state index in [1.165, 1.54) is 0 Å². The minimum absolute atomic E-state index is 0.672. The van der Waals surface area contributed by atoms with Gasteiger partial charge in [0.25, 0.3) is 0 Å². The molecule has 0 aliphatic rings. The third kappa shape index (κ3) is 2.72. The molecule has 3 nitrogen and oxygen atoms in total. The van der Waals surface area contributed by atoms with Crippen molar-refractivity contribution < 1.29 is 0 Å². The summed E-state index contributed by atoms with van der Waals surface area (Å²) >= 11 is 0. The molecular weight excluding hydrogens is 150 g/mol.